The van der Waals surface area contributed by atoms with Crippen LogP contribution in [0.15, 0.2) is 12.2 Å². The van der Waals surface area contributed by atoms with Crippen molar-refractivity contribution in [2.24, 2.45) is 23.2 Å². The molecule has 1 heterocycles. The van der Waals surface area contributed by atoms with E-state index in [0.717, 1.165) is 6.42 Å². The molecule has 0 aromatic rings. The van der Waals surface area contributed by atoms with E-state index in [0.29, 0.717) is 6.42 Å². The third-order valence-electron chi connectivity index (χ3n) is 5.46. The Morgan fingerprint density at radius 1 is 1.37 bits per heavy atom. The monoisotopic (exact) mass is 264 g/mol. The number of hydrogen-bond acceptors (Lipinski definition) is 4. The van der Waals surface area contributed by atoms with Gasteiger partial charge in [0.25, 0.3) is 0 Å². The molecule has 4 heteroatoms. The lowest BCUT2D eigenvalue weighted by atomic mass is 9.53. The zero-order valence-corrected chi connectivity index (χ0v) is 11.6. The Balaban J connectivity index is 2.07. The largest absolute Gasteiger partial charge is 0.461 e. The van der Waals surface area contributed by atoms with Crippen LogP contribution in [0.1, 0.15) is 33.6 Å². The lowest BCUT2D eigenvalue weighted by molar-refractivity contribution is -0.167. The number of ketones is 1. The van der Waals surface area contributed by atoms with Crippen LogP contribution in [0.3, 0.4) is 0 Å². The fourth-order valence-corrected chi connectivity index (χ4v) is 4.29. The van der Waals surface area contributed by atoms with Crippen LogP contribution in [0.5, 0.6) is 0 Å². The standard InChI is InChI=1S/C15H20O4/c1-8-9-4-6-14(2)10(16)5-7-15(3,18)12(14)11(9)19-13(8)17/h5,7-9,11-12,18H,4,6H2,1-3H3/t8-,9+,11+,12+,14-,15+/m0/s1. The maximum atomic E-state index is 12.3. The second-order valence-corrected chi connectivity index (χ2v) is 6.71. The minimum atomic E-state index is -1.10. The Bertz CT molecular complexity index is 479. The molecule has 3 aliphatic rings. The number of carbonyl (C=O) groups excluding carboxylic acids is 2. The van der Waals surface area contributed by atoms with E-state index in [2.05, 4.69) is 0 Å². The van der Waals surface area contributed by atoms with Crippen molar-refractivity contribution in [2.45, 2.75) is 45.3 Å². The number of carbonyl (C=O) groups is 2. The quantitative estimate of drug-likeness (QED) is 0.673. The SMILES string of the molecule is C[C@@H]1C(=O)O[C@@H]2[C@@H]1CC[C@@]1(C)C(=O)C=C[C@@](C)(O)[C@H]21. The van der Waals surface area contributed by atoms with Gasteiger partial charge in [-0.2, -0.15) is 0 Å². The van der Waals surface area contributed by atoms with Gasteiger partial charge in [-0.15, -0.1) is 0 Å². The molecule has 0 bridgehead atoms. The van der Waals surface area contributed by atoms with E-state index in [4.69, 9.17) is 4.74 Å². The van der Waals surface area contributed by atoms with E-state index in [1.54, 1.807) is 13.0 Å². The van der Waals surface area contributed by atoms with Crippen LogP contribution in [-0.4, -0.2) is 28.6 Å². The summed E-state index contributed by atoms with van der Waals surface area (Å²) in [6, 6.07) is 0. The van der Waals surface area contributed by atoms with E-state index in [1.807, 2.05) is 13.8 Å². The predicted octanol–water partition coefficient (Wildman–Crippen LogP) is 1.47. The van der Waals surface area contributed by atoms with E-state index in [1.165, 1.54) is 6.08 Å². The molecule has 1 aliphatic heterocycles. The van der Waals surface area contributed by atoms with Crippen molar-refractivity contribution in [3.63, 3.8) is 0 Å². The minimum absolute atomic E-state index is 0.0399. The highest BCUT2D eigenvalue weighted by Crippen LogP contribution is 2.56. The Morgan fingerprint density at radius 3 is 2.74 bits per heavy atom. The molecule has 1 N–H and O–H groups in total. The van der Waals surface area contributed by atoms with E-state index < -0.39 is 11.0 Å². The van der Waals surface area contributed by atoms with Crippen molar-refractivity contribution in [3.8, 4) is 0 Å². The second-order valence-electron chi connectivity index (χ2n) is 6.71. The average Bonchev–Trinajstić information content (AvgIpc) is 2.60. The first kappa shape index (κ1) is 12.9. The van der Waals surface area contributed by atoms with Gasteiger partial charge in [-0.05, 0) is 31.9 Å². The molecule has 1 saturated carbocycles. The fraction of sp³-hybridized carbons (Fsp3) is 0.733. The number of esters is 1. The number of hydrogen-bond donors (Lipinski definition) is 1. The van der Waals surface area contributed by atoms with Crippen molar-refractivity contribution in [2.75, 3.05) is 0 Å². The highest BCUT2D eigenvalue weighted by Gasteiger charge is 2.62. The highest BCUT2D eigenvalue weighted by atomic mass is 16.6. The number of ether oxygens (including phenoxy) is 1. The lowest BCUT2D eigenvalue weighted by Crippen LogP contribution is -2.59. The Morgan fingerprint density at radius 2 is 2.05 bits per heavy atom. The van der Waals surface area contributed by atoms with Gasteiger partial charge in [0.1, 0.15) is 6.10 Å². The van der Waals surface area contributed by atoms with Crippen LogP contribution in [0, 0.1) is 23.2 Å². The smallest absolute Gasteiger partial charge is 0.309 e. The molecule has 6 atom stereocenters. The van der Waals surface area contributed by atoms with Gasteiger partial charge < -0.3 is 9.84 Å². The molecule has 0 unspecified atom stereocenters. The van der Waals surface area contributed by atoms with Crippen LogP contribution in [0.2, 0.25) is 0 Å². The van der Waals surface area contributed by atoms with Crippen LogP contribution in [-0.2, 0) is 14.3 Å². The van der Waals surface area contributed by atoms with Crippen LogP contribution in [0.25, 0.3) is 0 Å². The summed E-state index contributed by atoms with van der Waals surface area (Å²) in [5.74, 6) is -0.511. The molecule has 1 saturated heterocycles. The molecular weight excluding hydrogens is 244 g/mol. The van der Waals surface area contributed by atoms with Gasteiger partial charge in [0.05, 0.1) is 11.5 Å². The number of aliphatic hydroxyl groups is 1. The van der Waals surface area contributed by atoms with Crippen molar-refractivity contribution < 1.29 is 19.4 Å². The second kappa shape index (κ2) is 3.69. The van der Waals surface area contributed by atoms with Gasteiger partial charge in [-0.1, -0.05) is 13.8 Å². The van der Waals surface area contributed by atoms with Gasteiger partial charge in [0, 0.05) is 17.3 Å². The first-order valence-corrected chi connectivity index (χ1v) is 6.94. The van der Waals surface area contributed by atoms with Gasteiger partial charge in [0.15, 0.2) is 5.78 Å². The zero-order chi connectivity index (χ0) is 14.0. The van der Waals surface area contributed by atoms with Crippen LogP contribution < -0.4 is 0 Å². The van der Waals surface area contributed by atoms with Crippen LogP contribution >= 0.6 is 0 Å². The summed E-state index contributed by atoms with van der Waals surface area (Å²) in [6.07, 6.45) is 4.21. The molecule has 0 aromatic carbocycles. The molecule has 0 aromatic heterocycles. The summed E-state index contributed by atoms with van der Waals surface area (Å²) in [7, 11) is 0. The van der Waals surface area contributed by atoms with E-state index in [9.17, 15) is 14.7 Å². The van der Waals surface area contributed by atoms with E-state index >= 15 is 0 Å². The summed E-state index contributed by atoms with van der Waals surface area (Å²) in [5.41, 5.74) is -1.72. The average molecular weight is 264 g/mol. The molecule has 0 amide bonds. The molecule has 19 heavy (non-hydrogen) atoms. The predicted molar refractivity (Wildman–Crippen MR) is 68.1 cm³/mol. The van der Waals surface area contributed by atoms with Gasteiger partial charge in [-0.3, -0.25) is 9.59 Å². The van der Waals surface area contributed by atoms with Crippen molar-refractivity contribution in [3.05, 3.63) is 12.2 Å². The summed E-state index contributed by atoms with van der Waals surface area (Å²) in [6.45, 7) is 5.48. The van der Waals surface area contributed by atoms with Gasteiger partial charge in [0.2, 0.25) is 0 Å². The highest BCUT2D eigenvalue weighted by molar-refractivity contribution is 5.96. The third-order valence-corrected chi connectivity index (χ3v) is 5.46. The maximum Gasteiger partial charge on any atom is 0.309 e. The maximum absolute atomic E-state index is 12.3. The molecule has 2 fully saturated rings. The number of rotatable bonds is 0. The van der Waals surface area contributed by atoms with Crippen LogP contribution in [0.4, 0.5) is 0 Å². The summed E-state index contributed by atoms with van der Waals surface area (Å²) in [5, 5.41) is 10.6. The number of allylic oxidation sites excluding steroid dienone is 1. The Kier molecular flexibility index (Phi) is 2.50. The number of fused-ring (bicyclic) bond motifs is 3. The minimum Gasteiger partial charge on any atom is -0.461 e. The van der Waals surface area contributed by atoms with Crippen molar-refractivity contribution >= 4 is 11.8 Å². The molecule has 2 aliphatic carbocycles. The molecule has 3 rings (SSSR count). The lowest BCUT2D eigenvalue weighted by Gasteiger charge is -2.52. The van der Waals surface area contributed by atoms with Gasteiger partial charge in [-0.25, -0.2) is 0 Å². The molecule has 0 spiro atoms. The summed E-state index contributed by atoms with van der Waals surface area (Å²) < 4.78 is 5.51. The summed E-state index contributed by atoms with van der Waals surface area (Å²) in [4.78, 5) is 24.1. The molecule has 0 radical (unpaired) electrons. The fourth-order valence-electron chi connectivity index (χ4n) is 4.29. The molecule has 104 valence electrons. The zero-order valence-electron chi connectivity index (χ0n) is 11.6. The van der Waals surface area contributed by atoms with Crippen molar-refractivity contribution in [1.82, 2.24) is 0 Å². The Hall–Kier alpha value is -1.16. The van der Waals surface area contributed by atoms with E-state index in [-0.39, 0.29) is 35.6 Å². The third kappa shape index (κ3) is 1.55. The first-order valence-electron chi connectivity index (χ1n) is 6.94. The normalized spacial score (nSPS) is 52.6. The van der Waals surface area contributed by atoms with Crippen molar-refractivity contribution in [1.29, 1.82) is 0 Å². The molecule has 4 nitrogen and oxygen atoms in total. The molecular formula is C15H20O4. The van der Waals surface area contributed by atoms with Gasteiger partial charge >= 0.3 is 5.97 Å². The summed E-state index contributed by atoms with van der Waals surface area (Å²) >= 11 is 0. The topological polar surface area (TPSA) is 63.6 Å². The first-order chi connectivity index (χ1) is 8.77. The Labute approximate surface area is 112 Å².